The number of halogens is 1. The highest BCUT2D eigenvalue weighted by atomic mass is 19.1. The third-order valence-electron chi connectivity index (χ3n) is 2.22. The van der Waals surface area contributed by atoms with Crippen molar-refractivity contribution < 1.29 is 13.9 Å². The molecule has 88 valence electrons. The third kappa shape index (κ3) is 4.43. The first-order valence-corrected chi connectivity index (χ1v) is 5.52. The van der Waals surface area contributed by atoms with Gasteiger partial charge in [0.05, 0.1) is 12.2 Å². The van der Waals surface area contributed by atoms with Crippen molar-refractivity contribution in [3.8, 4) is 0 Å². The Morgan fingerprint density at radius 2 is 2.19 bits per heavy atom. The first-order chi connectivity index (χ1) is 7.59. The highest BCUT2D eigenvalue weighted by Gasteiger charge is 2.07. The molecule has 0 atom stereocenters. The molecule has 16 heavy (non-hydrogen) atoms. The van der Waals surface area contributed by atoms with Gasteiger partial charge in [-0.25, -0.2) is 9.18 Å². The van der Waals surface area contributed by atoms with Gasteiger partial charge >= 0.3 is 5.97 Å². The lowest BCUT2D eigenvalue weighted by molar-refractivity contribution is 0.0494. The molecule has 0 aliphatic rings. The van der Waals surface area contributed by atoms with E-state index in [0.29, 0.717) is 12.5 Å². The van der Waals surface area contributed by atoms with Gasteiger partial charge in [-0.2, -0.15) is 0 Å². The van der Waals surface area contributed by atoms with Gasteiger partial charge in [-0.15, -0.1) is 0 Å². The van der Waals surface area contributed by atoms with Gasteiger partial charge in [-0.05, 0) is 37.0 Å². The van der Waals surface area contributed by atoms with Crippen LogP contribution in [-0.4, -0.2) is 12.6 Å². The number of hydrogen-bond acceptors (Lipinski definition) is 2. The van der Waals surface area contributed by atoms with Crippen LogP contribution < -0.4 is 0 Å². The van der Waals surface area contributed by atoms with E-state index in [0.717, 1.165) is 12.8 Å². The van der Waals surface area contributed by atoms with E-state index in [9.17, 15) is 9.18 Å². The van der Waals surface area contributed by atoms with Crippen molar-refractivity contribution in [1.82, 2.24) is 0 Å². The lowest BCUT2D eigenvalue weighted by atomic mass is 10.1. The number of carbonyl (C=O) groups excluding carboxylic acids is 1. The van der Waals surface area contributed by atoms with Crippen LogP contribution in [0.1, 0.15) is 37.0 Å². The summed E-state index contributed by atoms with van der Waals surface area (Å²) in [6.45, 7) is 4.64. The summed E-state index contributed by atoms with van der Waals surface area (Å²) in [5.74, 6) is -0.271. The van der Waals surface area contributed by atoms with Crippen molar-refractivity contribution in [2.45, 2.75) is 26.7 Å². The molecular formula is C13H17FO2. The van der Waals surface area contributed by atoms with E-state index >= 15 is 0 Å². The zero-order valence-corrected chi connectivity index (χ0v) is 9.70. The average molecular weight is 224 g/mol. The van der Waals surface area contributed by atoms with Gasteiger partial charge in [0.2, 0.25) is 0 Å². The molecular weight excluding hydrogens is 207 g/mol. The van der Waals surface area contributed by atoms with Gasteiger partial charge < -0.3 is 4.74 Å². The fourth-order valence-electron chi connectivity index (χ4n) is 1.36. The SMILES string of the molecule is CC(C)CCCOC(=O)c1cccc(F)c1. The van der Waals surface area contributed by atoms with Crippen molar-refractivity contribution >= 4 is 5.97 Å². The van der Waals surface area contributed by atoms with E-state index in [1.807, 2.05) is 0 Å². The van der Waals surface area contributed by atoms with Crippen LogP contribution in [0.5, 0.6) is 0 Å². The standard InChI is InChI=1S/C13H17FO2/c1-10(2)5-4-8-16-13(15)11-6-3-7-12(14)9-11/h3,6-7,9-10H,4-5,8H2,1-2H3. The molecule has 0 heterocycles. The summed E-state index contributed by atoms with van der Waals surface area (Å²) in [5, 5.41) is 0. The fraction of sp³-hybridized carbons (Fsp3) is 0.462. The second-order valence-corrected chi connectivity index (χ2v) is 4.18. The summed E-state index contributed by atoms with van der Waals surface area (Å²) in [7, 11) is 0. The van der Waals surface area contributed by atoms with Crippen molar-refractivity contribution in [2.75, 3.05) is 6.61 Å². The average Bonchev–Trinajstić information content (AvgIpc) is 2.24. The molecule has 1 rings (SSSR count). The molecule has 3 heteroatoms. The van der Waals surface area contributed by atoms with E-state index in [2.05, 4.69) is 13.8 Å². The Morgan fingerprint density at radius 3 is 2.81 bits per heavy atom. The van der Waals surface area contributed by atoms with Crippen LogP contribution in [0.4, 0.5) is 4.39 Å². The number of carbonyl (C=O) groups is 1. The van der Waals surface area contributed by atoms with Crippen LogP contribution >= 0.6 is 0 Å². The van der Waals surface area contributed by atoms with Gasteiger partial charge in [0, 0.05) is 0 Å². The molecule has 0 unspecified atom stereocenters. The Kier molecular flexibility index (Phi) is 4.96. The molecule has 0 aliphatic carbocycles. The lowest BCUT2D eigenvalue weighted by Gasteiger charge is -2.06. The third-order valence-corrected chi connectivity index (χ3v) is 2.22. The maximum atomic E-state index is 12.8. The van der Waals surface area contributed by atoms with Crippen LogP contribution in [0.3, 0.4) is 0 Å². The van der Waals surface area contributed by atoms with Crippen LogP contribution in [0.2, 0.25) is 0 Å². The summed E-state index contributed by atoms with van der Waals surface area (Å²) in [6.07, 6.45) is 1.87. The van der Waals surface area contributed by atoms with Gasteiger partial charge in [0.15, 0.2) is 0 Å². The van der Waals surface area contributed by atoms with E-state index in [1.54, 1.807) is 6.07 Å². The smallest absolute Gasteiger partial charge is 0.338 e. The molecule has 0 aliphatic heterocycles. The Labute approximate surface area is 95.4 Å². The summed E-state index contributed by atoms with van der Waals surface area (Å²) in [6, 6.07) is 5.54. The molecule has 1 aromatic carbocycles. The van der Waals surface area contributed by atoms with E-state index in [-0.39, 0.29) is 5.56 Å². The Morgan fingerprint density at radius 1 is 1.44 bits per heavy atom. The van der Waals surface area contributed by atoms with Crippen molar-refractivity contribution in [1.29, 1.82) is 0 Å². The van der Waals surface area contributed by atoms with Crippen LogP contribution in [-0.2, 0) is 4.74 Å². The van der Waals surface area contributed by atoms with Crippen molar-refractivity contribution in [3.63, 3.8) is 0 Å². The Hall–Kier alpha value is -1.38. The second kappa shape index (κ2) is 6.26. The minimum atomic E-state index is -0.455. The minimum absolute atomic E-state index is 0.268. The number of esters is 1. The Bertz CT molecular complexity index is 348. The quantitative estimate of drug-likeness (QED) is 0.566. The van der Waals surface area contributed by atoms with Crippen molar-refractivity contribution in [3.05, 3.63) is 35.6 Å². The summed E-state index contributed by atoms with van der Waals surface area (Å²) in [5.41, 5.74) is 0.268. The number of ether oxygens (including phenoxy) is 1. The summed E-state index contributed by atoms with van der Waals surface area (Å²) < 4.78 is 17.8. The molecule has 0 amide bonds. The molecule has 1 aromatic rings. The monoisotopic (exact) mass is 224 g/mol. The van der Waals surface area contributed by atoms with E-state index in [1.165, 1.54) is 18.2 Å². The maximum Gasteiger partial charge on any atom is 0.338 e. The predicted octanol–water partition coefficient (Wildman–Crippen LogP) is 3.42. The summed E-state index contributed by atoms with van der Waals surface area (Å²) in [4.78, 5) is 11.5. The van der Waals surface area contributed by atoms with Crippen LogP contribution in [0.25, 0.3) is 0 Å². The number of benzene rings is 1. The van der Waals surface area contributed by atoms with Gasteiger partial charge in [-0.1, -0.05) is 19.9 Å². The first kappa shape index (κ1) is 12.7. The van der Waals surface area contributed by atoms with Gasteiger partial charge in [0.1, 0.15) is 5.82 Å². The van der Waals surface area contributed by atoms with Crippen LogP contribution in [0, 0.1) is 11.7 Å². The molecule has 0 N–H and O–H groups in total. The number of hydrogen-bond donors (Lipinski definition) is 0. The Balaban J connectivity index is 2.35. The maximum absolute atomic E-state index is 12.8. The zero-order chi connectivity index (χ0) is 12.0. The molecule has 0 saturated heterocycles. The fourth-order valence-corrected chi connectivity index (χ4v) is 1.36. The zero-order valence-electron chi connectivity index (χ0n) is 9.70. The largest absolute Gasteiger partial charge is 0.462 e. The minimum Gasteiger partial charge on any atom is -0.462 e. The highest BCUT2D eigenvalue weighted by Crippen LogP contribution is 2.07. The molecule has 0 fully saturated rings. The first-order valence-electron chi connectivity index (χ1n) is 5.52. The van der Waals surface area contributed by atoms with Crippen molar-refractivity contribution in [2.24, 2.45) is 5.92 Å². The lowest BCUT2D eigenvalue weighted by Crippen LogP contribution is -2.07. The van der Waals surface area contributed by atoms with Gasteiger partial charge in [-0.3, -0.25) is 0 Å². The second-order valence-electron chi connectivity index (χ2n) is 4.18. The molecule has 0 saturated carbocycles. The molecule has 0 aromatic heterocycles. The molecule has 2 nitrogen and oxygen atoms in total. The van der Waals surface area contributed by atoms with Gasteiger partial charge in [0.25, 0.3) is 0 Å². The molecule has 0 bridgehead atoms. The normalized spacial score (nSPS) is 10.5. The molecule has 0 spiro atoms. The van der Waals surface area contributed by atoms with Crippen LogP contribution in [0.15, 0.2) is 24.3 Å². The van der Waals surface area contributed by atoms with E-state index in [4.69, 9.17) is 4.74 Å². The highest BCUT2D eigenvalue weighted by molar-refractivity contribution is 5.89. The number of rotatable bonds is 5. The predicted molar refractivity (Wildman–Crippen MR) is 60.8 cm³/mol. The topological polar surface area (TPSA) is 26.3 Å². The summed E-state index contributed by atoms with van der Waals surface area (Å²) >= 11 is 0. The molecule has 0 radical (unpaired) electrons. The van der Waals surface area contributed by atoms with E-state index < -0.39 is 11.8 Å².